The molecule has 0 rings (SSSR count). The zero-order valence-corrected chi connectivity index (χ0v) is 31.0. The van der Waals surface area contributed by atoms with Crippen molar-refractivity contribution >= 4 is 11.9 Å². The Morgan fingerprint density at radius 1 is 0.500 bits per heavy atom. The van der Waals surface area contributed by atoms with Gasteiger partial charge in [-0.3, -0.25) is 9.59 Å². The standard InChI is InChI=1S/C43H72O5/c1-3-5-7-9-11-13-15-17-18-19-20-21-22-23-24-26-28-30-32-34-36-38-43(46)48-41(39-44)40-47-42(45)37-35-33-31-29-27-25-16-14-12-10-8-6-4-2/h5-8,10-14,16-18,41,44H,3-4,9,15,19-40H2,1-2H3/b7-5+,8-6+,12-10+,13-11+,16-14+,18-17+. The molecule has 1 unspecified atom stereocenters. The molecule has 1 N–H and O–H groups in total. The van der Waals surface area contributed by atoms with Gasteiger partial charge in [0.05, 0.1) is 6.61 Å². The van der Waals surface area contributed by atoms with Crippen molar-refractivity contribution in [3.05, 3.63) is 72.9 Å². The molecule has 274 valence electrons. The zero-order valence-electron chi connectivity index (χ0n) is 31.0. The van der Waals surface area contributed by atoms with Crippen molar-refractivity contribution in [3.8, 4) is 0 Å². The Bertz CT molecular complexity index is 895. The molecule has 0 aromatic heterocycles. The van der Waals surface area contributed by atoms with Gasteiger partial charge in [-0.2, -0.15) is 0 Å². The van der Waals surface area contributed by atoms with E-state index >= 15 is 0 Å². The van der Waals surface area contributed by atoms with Crippen LogP contribution in [0, 0.1) is 0 Å². The van der Waals surface area contributed by atoms with E-state index in [-0.39, 0.29) is 25.2 Å². The number of allylic oxidation sites excluding steroid dienone is 12. The molecule has 0 radical (unpaired) electrons. The van der Waals surface area contributed by atoms with Gasteiger partial charge >= 0.3 is 11.9 Å². The van der Waals surface area contributed by atoms with Crippen LogP contribution < -0.4 is 0 Å². The van der Waals surface area contributed by atoms with Crippen LogP contribution in [0.4, 0.5) is 0 Å². The Morgan fingerprint density at radius 3 is 1.48 bits per heavy atom. The Kier molecular flexibility index (Phi) is 36.6. The molecule has 0 bridgehead atoms. The van der Waals surface area contributed by atoms with Gasteiger partial charge in [-0.1, -0.05) is 164 Å². The van der Waals surface area contributed by atoms with E-state index in [9.17, 15) is 14.7 Å². The Hall–Kier alpha value is -2.66. The van der Waals surface area contributed by atoms with Gasteiger partial charge in [0.25, 0.3) is 0 Å². The largest absolute Gasteiger partial charge is 0.462 e. The monoisotopic (exact) mass is 669 g/mol. The number of ether oxygens (including phenoxy) is 2. The molecule has 0 aromatic rings. The smallest absolute Gasteiger partial charge is 0.306 e. The van der Waals surface area contributed by atoms with Crippen molar-refractivity contribution in [2.45, 2.75) is 174 Å². The van der Waals surface area contributed by atoms with Crippen LogP contribution in [-0.2, 0) is 19.1 Å². The topological polar surface area (TPSA) is 72.8 Å². The van der Waals surface area contributed by atoms with E-state index in [1.807, 2.05) is 6.08 Å². The molecule has 0 aromatic carbocycles. The summed E-state index contributed by atoms with van der Waals surface area (Å²) in [7, 11) is 0. The lowest BCUT2D eigenvalue weighted by Gasteiger charge is -2.15. The summed E-state index contributed by atoms with van der Waals surface area (Å²) in [6.07, 6.45) is 51.1. The SMILES string of the molecule is CC/C=C/C=C/C=C/CCCCCCCC(=O)OCC(CO)OC(=O)CCCCCCCCCCCCC/C=C/C/C=C/C/C=C/CC. The van der Waals surface area contributed by atoms with E-state index in [2.05, 4.69) is 80.7 Å². The number of unbranched alkanes of at least 4 members (excludes halogenated alkanes) is 16. The van der Waals surface area contributed by atoms with Crippen molar-refractivity contribution < 1.29 is 24.2 Å². The van der Waals surface area contributed by atoms with Crippen LogP contribution in [0.2, 0.25) is 0 Å². The summed E-state index contributed by atoms with van der Waals surface area (Å²) in [6, 6.07) is 0. The van der Waals surface area contributed by atoms with Crippen LogP contribution in [0.3, 0.4) is 0 Å². The zero-order chi connectivity index (χ0) is 35.0. The fraction of sp³-hybridized carbons (Fsp3) is 0.674. The van der Waals surface area contributed by atoms with E-state index < -0.39 is 6.10 Å². The second kappa shape index (κ2) is 38.8. The summed E-state index contributed by atoms with van der Waals surface area (Å²) in [6.45, 7) is 3.86. The summed E-state index contributed by atoms with van der Waals surface area (Å²) >= 11 is 0. The molecule has 0 saturated carbocycles. The predicted octanol–water partition coefficient (Wildman–Crippen LogP) is 12.2. The number of rotatable bonds is 34. The molecule has 5 heteroatoms. The molecule has 0 amide bonds. The van der Waals surface area contributed by atoms with Crippen molar-refractivity contribution in [3.63, 3.8) is 0 Å². The third-order valence-corrected chi connectivity index (χ3v) is 8.06. The van der Waals surface area contributed by atoms with Crippen LogP contribution in [0.1, 0.15) is 168 Å². The molecule has 48 heavy (non-hydrogen) atoms. The van der Waals surface area contributed by atoms with Crippen LogP contribution in [0.5, 0.6) is 0 Å². The summed E-state index contributed by atoms with van der Waals surface area (Å²) in [5, 5.41) is 9.55. The minimum Gasteiger partial charge on any atom is -0.462 e. The Balaban J connectivity index is 3.58. The third-order valence-electron chi connectivity index (χ3n) is 8.06. The summed E-state index contributed by atoms with van der Waals surface area (Å²) in [4.78, 5) is 24.2. The maximum Gasteiger partial charge on any atom is 0.306 e. The quantitative estimate of drug-likeness (QED) is 0.0320. The first-order valence-corrected chi connectivity index (χ1v) is 19.5. The van der Waals surface area contributed by atoms with Gasteiger partial charge in [0.2, 0.25) is 0 Å². The molecule has 0 aliphatic carbocycles. The lowest BCUT2D eigenvalue weighted by Crippen LogP contribution is -2.28. The summed E-state index contributed by atoms with van der Waals surface area (Å²) in [5.41, 5.74) is 0. The van der Waals surface area contributed by atoms with Gasteiger partial charge in [0.1, 0.15) is 6.61 Å². The molecular formula is C43H72O5. The van der Waals surface area contributed by atoms with Crippen molar-refractivity contribution in [2.75, 3.05) is 13.2 Å². The fourth-order valence-electron chi connectivity index (χ4n) is 5.16. The van der Waals surface area contributed by atoms with E-state index in [0.717, 1.165) is 83.5 Å². The predicted molar refractivity (Wildman–Crippen MR) is 205 cm³/mol. The normalized spacial score (nSPS) is 13.0. The van der Waals surface area contributed by atoms with Gasteiger partial charge in [0.15, 0.2) is 6.10 Å². The number of aliphatic hydroxyl groups is 1. The van der Waals surface area contributed by atoms with Crippen LogP contribution in [0.25, 0.3) is 0 Å². The van der Waals surface area contributed by atoms with E-state index in [1.165, 1.54) is 57.8 Å². The van der Waals surface area contributed by atoms with E-state index in [1.54, 1.807) is 0 Å². The van der Waals surface area contributed by atoms with Crippen molar-refractivity contribution in [1.82, 2.24) is 0 Å². The lowest BCUT2D eigenvalue weighted by atomic mass is 10.0. The maximum atomic E-state index is 12.2. The van der Waals surface area contributed by atoms with E-state index in [4.69, 9.17) is 9.47 Å². The average Bonchev–Trinajstić information content (AvgIpc) is 3.09. The van der Waals surface area contributed by atoms with Crippen LogP contribution in [0.15, 0.2) is 72.9 Å². The molecule has 1 atom stereocenters. The van der Waals surface area contributed by atoms with Crippen LogP contribution in [-0.4, -0.2) is 36.4 Å². The maximum absolute atomic E-state index is 12.2. The van der Waals surface area contributed by atoms with Gasteiger partial charge < -0.3 is 14.6 Å². The minimum absolute atomic E-state index is 0.0808. The van der Waals surface area contributed by atoms with E-state index in [0.29, 0.717) is 12.8 Å². The first-order chi connectivity index (χ1) is 23.6. The van der Waals surface area contributed by atoms with Gasteiger partial charge in [-0.15, -0.1) is 0 Å². The van der Waals surface area contributed by atoms with Crippen molar-refractivity contribution in [2.24, 2.45) is 0 Å². The second-order valence-corrected chi connectivity index (χ2v) is 12.7. The molecule has 0 spiro atoms. The Morgan fingerprint density at radius 2 is 0.938 bits per heavy atom. The number of aliphatic hydroxyl groups excluding tert-OH is 1. The highest BCUT2D eigenvalue weighted by molar-refractivity contribution is 5.70. The summed E-state index contributed by atoms with van der Waals surface area (Å²) in [5.74, 6) is -0.623. The number of hydrogen-bond acceptors (Lipinski definition) is 5. The Labute approximate surface area is 295 Å². The number of esters is 2. The number of carbonyl (C=O) groups excluding carboxylic acids is 2. The minimum atomic E-state index is -0.783. The average molecular weight is 669 g/mol. The highest BCUT2D eigenvalue weighted by Crippen LogP contribution is 2.14. The molecule has 0 aliphatic rings. The highest BCUT2D eigenvalue weighted by atomic mass is 16.6. The van der Waals surface area contributed by atoms with Gasteiger partial charge in [-0.05, 0) is 64.2 Å². The molecule has 0 fully saturated rings. The fourth-order valence-corrected chi connectivity index (χ4v) is 5.16. The molecule has 0 saturated heterocycles. The molecule has 5 nitrogen and oxygen atoms in total. The second-order valence-electron chi connectivity index (χ2n) is 12.7. The first kappa shape index (κ1) is 45.3. The van der Waals surface area contributed by atoms with Gasteiger partial charge in [-0.25, -0.2) is 0 Å². The van der Waals surface area contributed by atoms with Crippen molar-refractivity contribution in [1.29, 1.82) is 0 Å². The van der Waals surface area contributed by atoms with Gasteiger partial charge in [0, 0.05) is 12.8 Å². The number of carbonyl (C=O) groups is 2. The highest BCUT2D eigenvalue weighted by Gasteiger charge is 2.16. The first-order valence-electron chi connectivity index (χ1n) is 19.5. The number of hydrogen-bond donors (Lipinski definition) is 1. The molecular weight excluding hydrogens is 596 g/mol. The summed E-state index contributed by atoms with van der Waals surface area (Å²) < 4.78 is 10.6. The molecule has 0 aliphatic heterocycles. The molecule has 0 heterocycles. The lowest BCUT2D eigenvalue weighted by molar-refractivity contribution is -0.161. The van der Waals surface area contributed by atoms with Crippen LogP contribution >= 0.6 is 0 Å². The third kappa shape index (κ3) is 36.2.